The van der Waals surface area contributed by atoms with E-state index in [1.165, 1.54) is 32.1 Å². The Morgan fingerprint density at radius 1 is 1.00 bits per heavy atom. The van der Waals surface area contributed by atoms with Crippen molar-refractivity contribution >= 4 is 11.8 Å². The highest BCUT2D eigenvalue weighted by atomic mass is 16.5. The summed E-state index contributed by atoms with van der Waals surface area (Å²) in [6, 6.07) is 7.28. The number of nitrogens with one attached hydrogen (secondary N) is 1. The Morgan fingerprint density at radius 2 is 1.73 bits per heavy atom. The van der Waals surface area contributed by atoms with Crippen LogP contribution in [-0.4, -0.2) is 92.0 Å². The molecule has 0 unspecified atom stereocenters. The number of rotatable bonds is 8. The van der Waals surface area contributed by atoms with Crippen molar-refractivity contribution in [2.24, 2.45) is 5.92 Å². The second-order valence-corrected chi connectivity index (χ2v) is 9.74. The number of carbonyl (C=O) groups excluding carboxylic acids is 2. The van der Waals surface area contributed by atoms with Crippen LogP contribution < -0.4 is 10.1 Å². The van der Waals surface area contributed by atoms with Gasteiger partial charge in [-0.1, -0.05) is 25.3 Å². The first-order valence-corrected chi connectivity index (χ1v) is 12.8. The molecule has 1 aromatic rings. The molecular weight excluding hydrogens is 416 g/mol. The van der Waals surface area contributed by atoms with Crippen LogP contribution in [0.15, 0.2) is 24.3 Å². The molecule has 2 amide bonds. The summed E-state index contributed by atoms with van der Waals surface area (Å²) in [5.41, 5.74) is 0.658. The Balaban J connectivity index is 1.32. The first kappa shape index (κ1) is 24.0. The number of methoxy groups -OCH3 is 1. The number of piperazine rings is 1. The highest BCUT2D eigenvalue weighted by Crippen LogP contribution is 2.31. The van der Waals surface area contributed by atoms with E-state index in [-0.39, 0.29) is 17.9 Å². The molecule has 2 heterocycles. The standard InChI is InChI=1S/C26H40N4O3/c1-33-23-11-7-10-22(20-23)26(32)30-18-16-29(17-19-30)24(21-8-3-4-9-21)25(31)27-12-15-28-13-5-2-6-14-28/h7,10-11,20-21,24H,2-6,8-9,12-19H2,1H3,(H,27,31)/t24-/m0/s1. The first-order valence-electron chi connectivity index (χ1n) is 12.8. The van der Waals surface area contributed by atoms with E-state index >= 15 is 0 Å². The topological polar surface area (TPSA) is 65.1 Å². The van der Waals surface area contributed by atoms with E-state index in [1.54, 1.807) is 13.2 Å². The van der Waals surface area contributed by atoms with E-state index in [1.807, 2.05) is 23.1 Å². The van der Waals surface area contributed by atoms with E-state index in [4.69, 9.17) is 4.74 Å². The number of likely N-dealkylation sites (tertiary alicyclic amines) is 1. The second kappa shape index (κ2) is 11.8. The maximum Gasteiger partial charge on any atom is 0.254 e. The number of ether oxygens (including phenoxy) is 1. The summed E-state index contributed by atoms with van der Waals surface area (Å²) >= 11 is 0. The van der Waals surface area contributed by atoms with Gasteiger partial charge >= 0.3 is 0 Å². The molecular formula is C26H40N4O3. The van der Waals surface area contributed by atoms with Gasteiger partial charge in [-0.3, -0.25) is 14.5 Å². The van der Waals surface area contributed by atoms with Gasteiger partial charge in [-0.25, -0.2) is 0 Å². The number of hydrogen-bond acceptors (Lipinski definition) is 5. The molecule has 7 nitrogen and oxygen atoms in total. The number of nitrogens with zero attached hydrogens (tertiary/aromatic N) is 3. The van der Waals surface area contributed by atoms with Gasteiger partial charge in [0, 0.05) is 44.8 Å². The Hall–Kier alpha value is -2.12. The molecule has 2 saturated heterocycles. The maximum absolute atomic E-state index is 13.3. The summed E-state index contributed by atoms with van der Waals surface area (Å²) in [7, 11) is 1.61. The van der Waals surface area contributed by atoms with Crippen molar-refractivity contribution in [2.75, 3.05) is 59.5 Å². The fraction of sp³-hybridized carbons (Fsp3) is 0.692. The molecule has 3 fully saturated rings. The minimum Gasteiger partial charge on any atom is -0.497 e. The zero-order valence-electron chi connectivity index (χ0n) is 20.1. The largest absolute Gasteiger partial charge is 0.497 e. The van der Waals surface area contributed by atoms with E-state index in [2.05, 4.69) is 15.1 Å². The third kappa shape index (κ3) is 6.27. The van der Waals surface area contributed by atoms with Gasteiger partial charge in [0.25, 0.3) is 5.91 Å². The van der Waals surface area contributed by atoms with Crippen molar-refractivity contribution < 1.29 is 14.3 Å². The number of amides is 2. The second-order valence-electron chi connectivity index (χ2n) is 9.74. The molecule has 1 N–H and O–H groups in total. The van der Waals surface area contributed by atoms with Crippen LogP contribution >= 0.6 is 0 Å². The van der Waals surface area contributed by atoms with Gasteiger partial charge in [-0.05, 0) is 62.9 Å². The molecule has 4 rings (SSSR count). The minimum atomic E-state index is -0.0667. The van der Waals surface area contributed by atoms with E-state index < -0.39 is 0 Å². The fourth-order valence-electron chi connectivity index (χ4n) is 5.72. The lowest BCUT2D eigenvalue weighted by atomic mass is 9.95. The number of piperidine rings is 1. The number of benzene rings is 1. The minimum absolute atomic E-state index is 0.0388. The molecule has 7 heteroatoms. The molecule has 0 radical (unpaired) electrons. The van der Waals surface area contributed by atoms with Crippen LogP contribution in [0.25, 0.3) is 0 Å². The summed E-state index contributed by atoms with van der Waals surface area (Å²) in [6.45, 7) is 6.80. The van der Waals surface area contributed by atoms with Crippen molar-refractivity contribution in [3.05, 3.63) is 29.8 Å². The van der Waals surface area contributed by atoms with Crippen LogP contribution in [0.2, 0.25) is 0 Å². The molecule has 1 atom stereocenters. The molecule has 33 heavy (non-hydrogen) atoms. The predicted octanol–water partition coefficient (Wildman–Crippen LogP) is 2.61. The van der Waals surface area contributed by atoms with Crippen LogP contribution in [0, 0.1) is 5.92 Å². The SMILES string of the molecule is COc1cccc(C(=O)N2CCN([C@H](C(=O)NCCN3CCCCC3)C3CCCC3)CC2)c1. The lowest BCUT2D eigenvalue weighted by molar-refractivity contribution is -0.129. The lowest BCUT2D eigenvalue weighted by Gasteiger charge is -2.41. The predicted molar refractivity (Wildman–Crippen MR) is 130 cm³/mol. The van der Waals surface area contributed by atoms with Gasteiger partial charge in [0.1, 0.15) is 5.75 Å². The molecule has 1 saturated carbocycles. The smallest absolute Gasteiger partial charge is 0.254 e. The normalized spacial score (nSPS) is 21.7. The van der Waals surface area contributed by atoms with Gasteiger partial charge < -0.3 is 19.9 Å². The fourth-order valence-corrected chi connectivity index (χ4v) is 5.72. The highest BCUT2D eigenvalue weighted by Gasteiger charge is 2.37. The van der Waals surface area contributed by atoms with Crippen molar-refractivity contribution in [2.45, 2.75) is 51.0 Å². The molecule has 2 aliphatic heterocycles. The van der Waals surface area contributed by atoms with Crippen LogP contribution in [-0.2, 0) is 4.79 Å². The first-order chi connectivity index (χ1) is 16.2. The molecule has 0 spiro atoms. The Morgan fingerprint density at radius 3 is 2.42 bits per heavy atom. The Bertz CT molecular complexity index is 781. The summed E-state index contributed by atoms with van der Waals surface area (Å²) < 4.78 is 5.27. The third-order valence-electron chi connectivity index (χ3n) is 7.60. The van der Waals surface area contributed by atoms with Gasteiger partial charge in [0.05, 0.1) is 13.2 Å². The van der Waals surface area contributed by atoms with Crippen molar-refractivity contribution in [3.63, 3.8) is 0 Å². The average molecular weight is 457 g/mol. The monoisotopic (exact) mass is 456 g/mol. The van der Waals surface area contributed by atoms with E-state index in [9.17, 15) is 9.59 Å². The van der Waals surface area contributed by atoms with E-state index in [0.29, 0.717) is 30.3 Å². The van der Waals surface area contributed by atoms with Gasteiger partial charge in [0.2, 0.25) is 5.91 Å². The molecule has 1 aliphatic carbocycles. The van der Waals surface area contributed by atoms with Gasteiger partial charge in [0.15, 0.2) is 0 Å². The van der Waals surface area contributed by atoms with Crippen molar-refractivity contribution in [3.8, 4) is 5.75 Å². The zero-order chi connectivity index (χ0) is 23.0. The Kier molecular flexibility index (Phi) is 8.62. The van der Waals surface area contributed by atoms with Crippen molar-refractivity contribution in [1.82, 2.24) is 20.0 Å². The number of hydrogen-bond donors (Lipinski definition) is 1. The zero-order valence-corrected chi connectivity index (χ0v) is 20.1. The van der Waals surface area contributed by atoms with Gasteiger partial charge in [-0.15, -0.1) is 0 Å². The summed E-state index contributed by atoms with van der Waals surface area (Å²) in [5.74, 6) is 1.35. The van der Waals surface area contributed by atoms with Crippen LogP contribution in [0.1, 0.15) is 55.3 Å². The average Bonchev–Trinajstić information content (AvgIpc) is 3.39. The van der Waals surface area contributed by atoms with Gasteiger partial charge in [-0.2, -0.15) is 0 Å². The molecule has 0 aromatic heterocycles. The summed E-state index contributed by atoms with van der Waals surface area (Å²) in [5, 5.41) is 3.26. The summed E-state index contributed by atoms with van der Waals surface area (Å²) in [4.78, 5) is 33.0. The van der Waals surface area contributed by atoms with Crippen molar-refractivity contribution in [1.29, 1.82) is 0 Å². The van der Waals surface area contributed by atoms with Crippen LogP contribution in [0.5, 0.6) is 5.75 Å². The molecule has 182 valence electrons. The van der Waals surface area contributed by atoms with Crippen LogP contribution in [0.3, 0.4) is 0 Å². The summed E-state index contributed by atoms with van der Waals surface area (Å²) in [6.07, 6.45) is 8.58. The quantitative estimate of drug-likeness (QED) is 0.652. The third-order valence-corrected chi connectivity index (χ3v) is 7.60. The molecule has 1 aromatic carbocycles. The highest BCUT2D eigenvalue weighted by molar-refractivity contribution is 5.94. The number of carbonyl (C=O) groups is 2. The Labute approximate surface area is 198 Å². The van der Waals surface area contributed by atoms with E-state index in [0.717, 1.165) is 52.1 Å². The molecule has 0 bridgehead atoms. The maximum atomic E-state index is 13.3. The molecule has 3 aliphatic rings. The van der Waals surface area contributed by atoms with Crippen LogP contribution in [0.4, 0.5) is 0 Å². The lowest BCUT2D eigenvalue weighted by Crippen LogP contribution is -2.58.